The first-order chi connectivity index (χ1) is 8.60. The van der Waals surface area contributed by atoms with Crippen LogP contribution in [0.25, 0.3) is 0 Å². The Hall–Kier alpha value is -1.30. The van der Waals surface area contributed by atoms with Crippen molar-refractivity contribution in [3.63, 3.8) is 0 Å². The zero-order valence-corrected chi connectivity index (χ0v) is 11.4. The summed E-state index contributed by atoms with van der Waals surface area (Å²) in [6.45, 7) is 0. The Bertz CT molecular complexity index is 579. The number of halogens is 3. The van der Waals surface area contributed by atoms with Crippen molar-refractivity contribution in [2.45, 2.75) is 0 Å². The van der Waals surface area contributed by atoms with E-state index in [-0.39, 0.29) is 16.3 Å². The molecular weight excluding hydrogens is 298 g/mol. The molecule has 2 rings (SSSR count). The lowest BCUT2D eigenvalue weighted by atomic mass is 10.3. The fourth-order valence-electron chi connectivity index (χ4n) is 1.28. The smallest absolute Gasteiger partial charge is 0.245 e. The SMILES string of the molecule is COc1ccc(Cl)cc1Nc1nc(Cl)nnc1Cl. The molecule has 5 nitrogen and oxygen atoms in total. The normalized spacial score (nSPS) is 10.2. The van der Waals surface area contributed by atoms with Crippen molar-refractivity contribution < 1.29 is 4.74 Å². The number of hydrogen-bond donors (Lipinski definition) is 1. The Morgan fingerprint density at radius 1 is 1.17 bits per heavy atom. The third-order valence-electron chi connectivity index (χ3n) is 2.03. The van der Waals surface area contributed by atoms with E-state index in [4.69, 9.17) is 39.5 Å². The Morgan fingerprint density at radius 2 is 1.94 bits per heavy atom. The molecule has 1 aromatic carbocycles. The van der Waals surface area contributed by atoms with Crippen molar-refractivity contribution in [1.29, 1.82) is 0 Å². The van der Waals surface area contributed by atoms with Gasteiger partial charge in [0.05, 0.1) is 12.8 Å². The molecule has 0 amide bonds. The van der Waals surface area contributed by atoms with Gasteiger partial charge in [-0.2, -0.15) is 4.98 Å². The molecule has 0 atom stereocenters. The molecule has 0 saturated carbocycles. The van der Waals surface area contributed by atoms with Crippen LogP contribution in [0.4, 0.5) is 11.5 Å². The molecule has 0 aliphatic heterocycles. The zero-order valence-electron chi connectivity index (χ0n) is 9.12. The number of methoxy groups -OCH3 is 1. The second-order valence-corrected chi connectivity index (χ2v) is 4.32. The minimum atomic E-state index is -0.0112. The van der Waals surface area contributed by atoms with Crippen molar-refractivity contribution in [3.05, 3.63) is 33.7 Å². The number of aromatic nitrogens is 3. The number of hydrogen-bond acceptors (Lipinski definition) is 5. The van der Waals surface area contributed by atoms with Crippen molar-refractivity contribution in [3.8, 4) is 5.75 Å². The molecule has 0 aliphatic rings. The lowest BCUT2D eigenvalue weighted by molar-refractivity contribution is 0.417. The Labute approximate surface area is 118 Å². The van der Waals surface area contributed by atoms with Crippen LogP contribution in [0.1, 0.15) is 0 Å². The van der Waals surface area contributed by atoms with Crippen molar-refractivity contribution in [1.82, 2.24) is 15.2 Å². The molecule has 18 heavy (non-hydrogen) atoms. The molecule has 0 unspecified atom stereocenters. The number of nitrogens with zero attached hydrogens (tertiary/aromatic N) is 3. The first-order valence-electron chi connectivity index (χ1n) is 4.76. The van der Waals surface area contributed by atoms with E-state index in [0.717, 1.165) is 0 Å². The molecule has 94 valence electrons. The summed E-state index contributed by atoms with van der Waals surface area (Å²) in [5.41, 5.74) is 0.600. The summed E-state index contributed by atoms with van der Waals surface area (Å²) in [5.74, 6) is 0.863. The van der Waals surface area contributed by atoms with Crippen LogP contribution in [0.2, 0.25) is 15.5 Å². The van der Waals surface area contributed by atoms with Crippen LogP contribution in [-0.4, -0.2) is 22.3 Å². The van der Waals surface area contributed by atoms with Crippen molar-refractivity contribution in [2.75, 3.05) is 12.4 Å². The molecule has 1 N–H and O–H groups in total. The van der Waals surface area contributed by atoms with Gasteiger partial charge in [0.2, 0.25) is 5.28 Å². The van der Waals surface area contributed by atoms with Crippen LogP contribution in [0.3, 0.4) is 0 Å². The standard InChI is InChI=1S/C10H7Cl3N4O/c1-18-7-3-2-5(11)4-6(7)14-9-8(12)16-17-10(13)15-9/h2-4H,1H3,(H,14,15,17). The summed E-state index contributed by atoms with van der Waals surface area (Å²) in [4.78, 5) is 3.92. The van der Waals surface area contributed by atoms with E-state index in [1.54, 1.807) is 25.3 Å². The van der Waals surface area contributed by atoms with Crippen LogP contribution in [0, 0.1) is 0 Å². The second-order valence-electron chi connectivity index (χ2n) is 3.19. The minimum absolute atomic E-state index is 0.0112. The summed E-state index contributed by atoms with van der Waals surface area (Å²) in [7, 11) is 1.54. The summed E-state index contributed by atoms with van der Waals surface area (Å²) in [5, 5.41) is 10.7. The fraction of sp³-hybridized carbons (Fsp3) is 0.100. The van der Waals surface area contributed by atoms with Gasteiger partial charge in [0.15, 0.2) is 11.0 Å². The molecule has 0 bridgehead atoms. The molecule has 0 spiro atoms. The average molecular weight is 306 g/mol. The highest BCUT2D eigenvalue weighted by Crippen LogP contribution is 2.31. The zero-order chi connectivity index (χ0) is 13.1. The monoisotopic (exact) mass is 304 g/mol. The van der Waals surface area contributed by atoms with E-state index in [2.05, 4.69) is 20.5 Å². The third-order valence-corrected chi connectivity index (χ3v) is 2.68. The lowest BCUT2D eigenvalue weighted by Crippen LogP contribution is -2.00. The van der Waals surface area contributed by atoms with Gasteiger partial charge >= 0.3 is 0 Å². The molecular formula is C10H7Cl3N4O. The van der Waals surface area contributed by atoms with Crippen molar-refractivity contribution >= 4 is 46.3 Å². The maximum atomic E-state index is 5.91. The van der Waals surface area contributed by atoms with Crippen LogP contribution in [-0.2, 0) is 0 Å². The van der Waals surface area contributed by atoms with Gasteiger partial charge < -0.3 is 10.1 Å². The maximum Gasteiger partial charge on any atom is 0.245 e. The van der Waals surface area contributed by atoms with E-state index in [1.165, 1.54) is 0 Å². The highest BCUT2D eigenvalue weighted by atomic mass is 35.5. The highest BCUT2D eigenvalue weighted by Gasteiger charge is 2.10. The molecule has 1 heterocycles. The fourth-order valence-corrected chi connectivity index (χ4v) is 1.70. The van der Waals surface area contributed by atoms with Gasteiger partial charge in [-0.25, -0.2) is 0 Å². The van der Waals surface area contributed by atoms with Crippen LogP contribution >= 0.6 is 34.8 Å². The van der Waals surface area contributed by atoms with Crippen LogP contribution in [0.15, 0.2) is 18.2 Å². The van der Waals surface area contributed by atoms with Gasteiger partial charge in [-0.15, -0.1) is 10.2 Å². The Morgan fingerprint density at radius 3 is 2.67 bits per heavy atom. The predicted octanol–water partition coefficient (Wildman–Crippen LogP) is 3.58. The molecule has 0 radical (unpaired) electrons. The van der Waals surface area contributed by atoms with Crippen molar-refractivity contribution in [2.24, 2.45) is 0 Å². The molecule has 0 aliphatic carbocycles. The van der Waals surface area contributed by atoms with Gasteiger partial charge in [-0.05, 0) is 29.8 Å². The van der Waals surface area contributed by atoms with Crippen LogP contribution in [0.5, 0.6) is 5.75 Å². The summed E-state index contributed by atoms with van der Waals surface area (Å²) >= 11 is 17.4. The van der Waals surface area contributed by atoms with E-state index in [9.17, 15) is 0 Å². The Kier molecular flexibility index (Phi) is 4.06. The average Bonchev–Trinajstić information content (AvgIpc) is 2.34. The van der Waals surface area contributed by atoms with Gasteiger partial charge in [-0.3, -0.25) is 0 Å². The first kappa shape index (κ1) is 13.1. The van der Waals surface area contributed by atoms with Crippen LogP contribution < -0.4 is 10.1 Å². The number of rotatable bonds is 3. The molecule has 8 heteroatoms. The van der Waals surface area contributed by atoms with E-state index in [1.807, 2.05) is 0 Å². The largest absolute Gasteiger partial charge is 0.495 e. The third kappa shape index (κ3) is 2.93. The summed E-state index contributed by atoms with van der Waals surface area (Å²) < 4.78 is 5.18. The topological polar surface area (TPSA) is 59.9 Å². The van der Waals surface area contributed by atoms with Gasteiger partial charge in [0.1, 0.15) is 5.75 Å². The number of benzene rings is 1. The first-order valence-corrected chi connectivity index (χ1v) is 5.90. The molecule has 0 saturated heterocycles. The second kappa shape index (κ2) is 5.56. The summed E-state index contributed by atoms with van der Waals surface area (Å²) in [6, 6.07) is 5.10. The molecule has 0 fully saturated rings. The minimum Gasteiger partial charge on any atom is -0.495 e. The van der Waals surface area contributed by atoms with E-state index >= 15 is 0 Å². The number of nitrogens with one attached hydrogen (secondary N) is 1. The van der Waals surface area contributed by atoms with E-state index in [0.29, 0.717) is 16.5 Å². The van der Waals surface area contributed by atoms with Gasteiger partial charge in [0, 0.05) is 5.02 Å². The number of anilines is 2. The molecule has 2 aromatic rings. The summed E-state index contributed by atoms with van der Waals surface area (Å²) in [6.07, 6.45) is 0. The highest BCUT2D eigenvalue weighted by molar-refractivity contribution is 6.32. The maximum absolute atomic E-state index is 5.91. The quantitative estimate of drug-likeness (QED) is 0.939. The van der Waals surface area contributed by atoms with Gasteiger partial charge in [-0.1, -0.05) is 23.2 Å². The van der Waals surface area contributed by atoms with Gasteiger partial charge in [0.25, 0.3) is 0 Å². The number of ether oxygens (including phenoxy) is 1. The Balaban J connectivity index is 2.38. The lowest BCUT2D eigenvalue weighted by Gasteiger charge is -2.11. The molecule has 1 aromatic heterocycles. The predicted molar refractivity (Wildman–Crippen MR) is 71.1 cm³/mol. The van der Waals surface area contributed by atoms with E-state index < -0.39 is 0 Å².